The molecule has 0 aromatic heterocycles. The zero-order chi connectivity index (χ0) is 16.9. The fourth-order valence-electron chi connectivity index (χ4n) is 2.62. The van der Waals surface area contributed by atoms with Gasteiger partial charge in [0.25, 0.3) is 5.91 Å². The summed E-state index contributed by atoms with van der Waals surface area (Å²) in [7, 11) is 0. The van der Waals surface area contributed by atoms with Crippen LogP contribution in [0.15, 0.2) is 24.3 Å². The molecule has 23 heavy (non-hydrogen) atoms. The number of carboxylic acid groups (broad SMARTS) is 1. The van der Waals surface area contributed by atoms with Crippen LogP contribution in [-0.2, 0) is 14.3 Å². The summed E-state index contributed by atoms with van der Waals surface area (Å²) in [6.45, 7) is 4.69. The van der Waals surface area contributed by atoms with E-state index in [1.165, 1.54) is 0 Å². The summed E-state index contributed by atoms with van der Waals surface area (Å²) >= 11 is 0. The summed E-state index contributed by atoms with van der Waals surface area (Å²) in [5.74, 6) is -0.295. The molecular weight excluding hydrogens is 298 g/mol. The number of carbonyl (C=O) groups is 2. The number of benzene rings is 1. The van der Waals surface area contributed by atoms with Gasteiger partial charge in [-0.15, -0.1) is 0 Å². The number of rotatable bonds is 7. The molecule has 1 aromatic rings. The minimum absolute atomic E-state index is 0.150. The molecule has 1 aliphatic heterocycles. The maximum atomic E-state index is 12.1. The van der Waals surface area contributed by atoms with Gasteiger partial charge in [0.1, 0.15) is 5.75 Å². The zero-order valence-electron chi connectivity index (χ0n) is 13.5. The summed E-state index contributed by atoms with van der Waals surface area (Å²) in [6, 6.07) is 7.60. The SMILES string of the molecule is CC(C)c1cccc(OCC(=O)NC2(CC(=O)O)CCOC2)c1. The van der Waals surface area contributed by atoms with Crippen LogP contribution in [0.25, 0.3) is 0 Å². The number of carbonyl (C=O) groups excluding carboxylic acids is 1. The quantitative estimate of drug-likeness (QED) is 0.801. The Morgan fingerprint density at radius 3 is 2.83 bits per heavy atom. The van der Waals surface area contributed by atoms with Gasteiger partial charge in [0.05, 0.1) is 18.6 Å². The second-order valence-corrected chi connectivity index (χ2v) is 6.22. The summed E-state index contributed by atoms with van der Waals surface area (Å²) in [5.41, 5.74) is 0.306. The number of amides is 1. The number of carboxylic acids is 1. The molecule has 1 fully saturated rings. The molecule has 126 valence electrons. The first kappa shape index (κ1) is 17.3. The molecule has 6 nitrogen and oxygen atoms in total. The molecule has 0 spiro atoms. The van der Waals surface area contributed by atoms with Crippen LogP contribution in [0.5, 0.6) is 5.75 Å². The molecule has 0 bridgehead atoms. The lowest BCUT2D eigenvalue weighted by atomic mass is 9.94. The lowest BCUT2D eigenvalue weighted by Crippen LogP contribution is -2.51. The van der Waals surface area contributed by atoms with Crippen molar-refractivity contribution in [1.82, 2.24) is 5.32 Å². The Kier molecular flexibility index (Phi) is 5.60. The number of nitrogens with one attached hydrogen (secondary N) is 1. The first-order chi connectivity index (χ1) is 10.9. The minimum atomic E-state index is -0.957. The highest BCUT2D eigenvalue weighted by molar-refractivity contribution is 5.79. The Morgan fingerprint density at radius 2 is 2.22 bits per heavy atom. The van der Waals surface area contributed by atoms with Crippen molar-refractivity contribution in [3.63, 3.8) is 0 Å². The van der Waals surface area contributed by atoms with Crippen LogP contribution in [0.1, 0.15) is 38.2 Å². The van der Waals surface area contributed by atoms with Crippen molar-refractivity contribution < 1.29 is 24.2 Å². The van der Waals surface area contributed by atoms with E-state index in [-0.39, 0.29) is 25.5 Å². The van der Waals surface area contributed by atoms with Crippen LogP contribution < -0.4 is 10.1 Å². The molecule has 1 aromatic carbocycles. The van der Waals surface area contributed by atoms with E-state index in [9.17, 15) is 9.59 Å². The fourth-order valence-corrected chi connectivity index (χ4v) is 2.62. The van der Waals surface area contributed by atoms with E-state index < -0.39 is 11.5 Å². The van der Waals surface area contributed by atoms with E-state index >= 15 is 0 Å². The Bertz CT molecular complexity index is 564. The molecule has 1 unspecified atom stereocenters. The Morgan fingerprint density at radius 1 is 1.43 bits per heavy atom. The van der Waals surface area contributed by atoms with E-state index in [0.29, 0.717) is 24.7 Å². The molecule has 6 heteroatoms. The van der Waals surface area contributed by atoms with Gasteiger partial charge in [-0.25, -0.2) is 0 Å². The topological polar surface area (TPSA) is 84.9 Å². The van der Waals surface area contributed by atoms with E-state index in [1.807, 2.05) is 18.2 Å². The van der Waals surface area contributed by atoms with Crippen LogP contribution in [0, 0.1) is 0 Å². The molecule has 0 radical (unpaired) electrons. The van der Waals surface area contributed by atoms with E-state index in [4.69, 9.17) is 14.6 Å². The molecule has 1 heterocycles. The monoisotopic (exact) mass is 321 g/mol. The highest BCUT2D eigenvalue weighted by Gasteiger charge is 2.38. The van der Waals surface area contributed by atoms with Crippen molar-refractivity contribution in [3.8, 4) is 5.75 Å². The van der Waals surface area contributed by atoms with Crippen LogP contribution in [0.2, 0.25) is 0 Å². The van der Waals surface area contributed by atoms with Gasteiger partial charge in [-0.1, -0.05) is 26.0 Å². The van der Waals surface area contributed by atoms with Gasteiger partial charge < -0.3 is 19.9 Å². The van der Waals surface area contributed by atoms with Gasteiger partial charge in [-0.05, 0) is 30.0 Å². The largest absolute Gasteiger partial charge is 0.484 e. The van der Waals surface area contributed by atoms with Gasteiger partial charge in [-0.2, -0.15) is 0 Å². The second kappa shape index (κ2) is 7.46. The van der Waals surface area contributed by atoms with Crippen LogP contribution in [-0.4, -0.2) is 42.3 Å². The van der Waals surface area contributed by atoms with Gasteiger partial charge in [-0.3, -0.25) is 9.59 Å². The van der Waals surface area contributed by atoms with E-state index in [1.54, 1.807) is 6.07 Å². The third-order valence-electron chi connectivity index (χ3n) is 3.89. The first-order valence-corrected chi connectivity index (χ1v) is 7.73. The molecule has 0 aliphatic carbocycles. The average Bonchev–Trinajstić information content (AvgIpc) is 2.92. The van der Waals surface area contributed by atoms with E-state index in [2.05, 4.69) is 19.2 Å². The molecule has 2 rings (SSSR count). The van der Waals surface area contributed by atoms with Crippen LogP contribution in [0.3, 0.4) is 0 Å². The normalized spacial score (nSPS) is 20.5. The molecule has 2 N–H and O–H groups in total. The molecular formula is C17H23NO5. The van der Waals surface area contributed by atoms with Crippen LogP contribution >= 0.6 is 0 Å². The maximum absolute atomic E-state index is 12.1. The third-order valence-corrected chi connectivity index (χ3v) is 3.89. The van der Waals surface area contributed by atoms with Gasteiger partial charge in [0, 0.05) is 6.61 Å². The van der Waals surface area contributed by atoms with Crippen molar-refractivity contribution in [2.45, 2.75) is 38.1 Å². The third kappa shape index (κ3) is 4.96. The van der Waals surface area contributed by atoms with Crippen LogP contribution in [0.4, 0.5) is 0 Å². The highest BCUT2D eigenvalue weighted by Crippen LogP contribution is 2.23. The average molecular weight is 321 g/mol. The lowest BCUT2D eigenvalue weighted by molar-refractivity contribution is -0.139. The Hall–Kier alpha value is -2.08. The summed E-state index contributed by atoms with van der Waals surface area (Å²) < 4.78 is 10.8. The van der Waals surface area contributed by atoms with Crippen molar-refractivity contribution in [2.24, 2.45) is 0 Å². The number of hydrogen-bond acceptors (Lipinski definition) is 4. The Labute approximate surface area is 135 Å². The summed E-state index contributed by atoms with van der Waals surface area (Å²) in [5, 5.41) is 11.8. The van der Waals surface area contributed by atoms with Crippen molar-refractivity contribution in [2.75, 3.05) is 19.8 Å². The van der Waals surface area contributed by atoms with Crippen molar-refractivity contribution >= 4 is 11.9 Å². The summed E-state index contributed by atoms with van der Waals surface area (Å²) in [6.07, 6.45) is 0.343. The van der Waals surface area contributed by atoms with E-state index in [0.717, 1.165) is 5.56 Å². The minimum Gasteiger partial charge on any atom is -0.484 e. The number of hydrogen-bond donors (Lipinski definition) is 2. The highest BCUT2D eigenvalue weighted by atomic mass is 16.5. The van der Waals surface area contributed by atoms with Gasteiger partial charge in [0.2, 0.25) is 0 Å². The van der Waals surface area contributed by atoms with Gasteiger partial charge in [0.15, 0.2) is 6.61 Å². The van der Waals surface area contributed by atoms with Crippen molar-refractivity contribution in [3.05, 3.63) is 29.8 Å². The standard InChI is InChI=1S/C17H23NO5/c1-12(2)13-4-3-5-14(8-13)23-10-15(19)18-17(9-16(20)21)6-7-22-11-17/h3-5,8,12H,6-7,9-11H2,1-2H3,(H,18,19)(H,20,21). The number of aliphatic carboxylic acids is 1. The predicted octanol–water partition coefficient (Wildman–Crippen LogP) is 1.94. The summed E-state index contributed by atoms with van der Waals surface area (Å²) in [4.78, 5) is 23.1. The maximum Gasteiger partial charge on any atom is 0.305 e. The lowest BCUT2D eigenvalue weighted by Gasteiger charge is -2.26. The zero-order valence-corrected chi connectivity index (χ0v) is 13.5. The van der Waals surface area contributed by atoms with Crippen molar-refractivity contribution in [1.29, 1.82) is 0 Å². The smallest absolute Gasteiger partial charge is 0.305 e. The molecule has 0 saturated carbocycles. The molecule has 1 aliphatic rings. The first-order valence-electron chi connectivity index (χ1n) is 7.73. The predicted molar refractivity (Wildman–Crippen MR) is 84.6 cm³/mol. The Balaban J connectivity index is 1.91. The molecule has 1 amide bonds. The molecule has 1 saturated heterocycles. The van der Waals surface area contributed by atoms with Gasteiger partial charge >= 0.3 is 5.97 Å². The second-order valence-electron chi connectivity index (χ2n) is 6.22. The molecule has 1 atom stereocenters. The number of ether oxygens (including phenoxy) is 2. The fraction of sp³-hybridized carbons (Fsp3) is 0.529.